The highest BCUT2D eigenvalue weighted by atomic mass is 35.5. The summed E-state index contributed by atoms with van der Waals surface area (Å²) in [6, 6.07) is 3.83. The summed E-state index contributed by atoms with van der Waals surface area (Å²) in [6.45, 7) is 8.46. The lowest BCUT2D eigenvalue weighted by Gasteiger charge is -2.32. The van der Waals surface area contributed by atoms with Crippen molar-refractivity contribution in [2.45, 2.75) is 45.8 Å². The van der Waals surface area contributed by atoms with Crippen LogP contribution in [0.4, 0.5) is 4.79 Å². The van der Waals surface area contributed by atoms with Crippen LogP contribution in [0, 0.1) is 5.92 Å². The van der Waals surface area contributed by atoms with Gasteiger partial charge in [0.15, 0.2) is 0 Å². The summed E-state index contributed by atoms with van der Waals surface area (Å²) in [7, 11) is 0. The van der Waals surface area contributed by atoms with E-state index in [1.54, 1.807) is 6.20 Å². The Labute approximate surface area is 165 Å². The smallest absolute Gasteiger partial charge is 0.407 e. The average Bonchev–Trinajstić information content (AvgIpc) is 2.59. The van der Waals surface area contributed by atoms with E-state index in [2.05, 4.69) is 20.5 Å². The van der Waals surface area contributed by atoms with E-state index in [9.17, 15) is 9.59 Å². The molecule has 7 nitrogen and oxygen atoms in total. The average molecular weight is 397 g/mol. The van der Waals surface area contributed by atoms with Crippen LogP contribution in [0.5, 0.6) is 0 Å². The third-order valence-electron chi connectivity index (χ3n) is 4.20. The van der Waals surface area contributed by atoms with E-state index in [-0.39, 0.29) is 11.8 Å². The number of alkyl carbamates (subject to hydrolysis) is 1. The molecule has 2 heterocycles. The first kappa shape index (κ1) is 21.4. The van der Waals surface area contributed by atoms with Crippen LogP contribution in [0.15, 0.2) is 18.3 Å². The first-order chi connectivity index (χ1) is 12.7. The highest BCUT2D eigenvalue weighted by Gasteiger charge is 2.26. The molecule has 1 saturated heterocycles. The van der Waals surface area contributed by atoms with E-state index >= 15 is 0 Å². The Morgan fingerprint density at radius 2 is 2.07 bits per heavy atom. The number of aromatic nitrogens is 1. The number of carbonyl (C=O) groups excluding carboxylic acids is 2. The van der Waals surface area contributed by atoms with E-state index in [1.807, 2.05) is 32.9 Å². The van der Waals surface area contributed by atoms with Gasteiger partial charge in [-0.05, 0) is 46.2 Å². The number of piperidine rings is 1. The Morgan fingerprint density at radius 1 is 1.33 bits per heavy atom. The van der Waals surface area contributed by atoms with Crippen molar-refractivity contribution in [3.05, 3.63) is 29.0 Å². The Hall–Kier alpha value is -1.86. The number of amides is 2. The molecule has 1 aliphatic rings. The van der Waals surface area contributed by atoms with Gasteiger partial charge >= 0.3 is 6.09 Å². The molecule has 0 spiro atoms. The van der Waals surface area contributed by atoms with Crippen LogP contribution in [0.3, 0.4) is 0 Å². The number of pyridine rings is 1. The highest BCUT2D eigenvalue weighted by Crippen LogP contribution is 2.21. The Balaban J connectivity index is 1.71. The normalized spacial score (nSPS) is 18.0. The first-order valence-electron chi connectivity index (χ1n) is 9.31. The van der Waals surface area contributed by atoms with E-state index in [0.717, 1.165) is 24.9 Å². The van der Waals surface area contributed by atoms with Crippen molar-refractivity contribution in [2.24, 2.45) is 5.92 Å². The third-order valence-corrected chi connectivity index (χ3v) is 4.54. The fourth-order valence-electron chi connectivity index (χ4n) is 3.00. The summed E-state index contributed by atoms with van der Waals surface area (Å²) in [5, 5.41) is 6.04. The number of hydrogen-bond acceptors (Lipinski definition) is 5. The zero-order chi connectivity index (χ0) is 19.9. The zero-order valence-corrected chi connectivity index (χ0v) is 17.0. The summed E-state index contributed by atoms with van der Waals surface area (Å²) in [4.78, 5) is 30.3. The molecule has 0 saturated carbocycles. The second-order valence-electron chi connectivity index (χ2n) is 7.75. The lowest BCUT2D eigenvalue weighted by molar-refractivity contribution is -0.126. The van der Waals surface area contributed by atoms with Gasteiger partial charge in [-0.2, -0.15) is 0 Å². The van der Waals surface area contributed by atoms with E-state index < -0.39 is 11.7 Å². The number of nitrogens with zero attached hydrogens (tertiary/aromatic N) is 2. The molecule has 0 bridgehead atoms. The predicted octanol–water partition coefficient (Wildman–Crippen LogP) is 2.59. The van der Waals surface area contributed by atoms with Gasteiger partial charge in [0.1, 0.15) is 10.8 Å². The summed E-state index contributed by atoms with van der Waals surface area (Å²) in [5.74, 6) is -0.0429. The quantitative estimate of drug-likeness (QED) is 0.570. The van der Waals surface area contributed by atoms with Crippen LogP contribution < -0.4 is 10.6 Å². The highest BCUT2D eigenvalue weighted by molar-refractivity contribution is 6.30. The number of hydrogen-bond donors (Lipinski definition) is 2. The van der Waals surface area contributed by atoms with Gasteiger partial charge in [-0.3, -0.25) is 9.69 Å². The van der Waals surface area contributed by atoms with Crippen LogP contribution in [0.25, 0.3) is 0 Å². The largest absolute Gasteiger partial charge is 0.444 e. The van der Waals surface area contributed by atoms with Crippen molar-refractivity contribution in [2.75, 3.05) is 26.2 Å². The molecule has 0 radical (unpaired) electrons. The molecule has 2 amide bonds. The predicted molar refractivity (Wildman–Crippen MR) is 104 cm³/mol. The summed E-state index contributed by atoms with van der Waals surface area (Å²) < 4.78 is 5.16. The van der Waals surface area contributed by atoms with Crippen LogP contribution in [0.1, 0.15) is 39.2 Å². The van der Waals surface area contributed by atoms with Crippen molar-refractivity contribution in [3.63, 3.8) is 0 Å². The van der Waals surface area contributed by atoms with E-state index in [0.29, 0.717) is 31.3 Å². The molecule has 1 unspecified atom stereocenters. The molecular formula is C19H29ClN4O3. The molecule has 1 atom stereocenters. The van der Waals surface area contributed by atoms with Crippen LogP contribution >= 0.6 is 11.6 Å². The third kappa shape index (κ3) is 7.72. The Bertz CT molecular complexity index is 648. The zero-order valence-electron chi connectivity index (χ0n) is 16.3. The van der Waals surface area contributed by atoms with Crippen molar-refractivity contribution in [1.82, 2.24) is 20.5 Å². The van der Waals surface area contributed by atoms with Gasteiger partial charge in [-0.15, -0.1) is 0 Å². The van der Waals surface area contributed by atoms with Gasteiger partial charge in [-0.25, -0.2) is 9.78 Å². The monoisotopic (exact) mass is 396 g/mol. The summed E-state index contributed by atoms with van der Waals surface area (Å²) in [5.41, 5.74) is 0.442. The molecule has 150 valence electrons. The molecule has 2 N–H and O–H groups in total. The van der Waals surface area contributed by atoms with Gasteiger partial charge in [0, 0.05) is 37.9 Å². The fourth-order valence-corrected chi connectivity index (χ4v) is 3.18. The molecule has 2 rings (SSSR count). The maximum atomic E-state index is 12.4. The van der Waals surface area contributed by atoms with Gasteiger partial charge in [0.25, 0.3) is 0 Å². The summed E-state index contributed by atoms with van der Waals surface area (Å²) in [6.07, 6.45) is 3.02. The van der Waals surface area contributed by atoms with Crippen LogP contribution in [-0.4, -0.2) is 53.7 Å². The lowest BCUT2D eigenvalue weighted by atomic mass is 9.97. The molecule has 0 aromatic carbocycles. The molecule has 0 aliphatic carbocycles. The molecule has 8 heteroatoms. The minimum Gasteiger partial charge on any atom is -0.444 e. The number of likely N-dealkylation sites (tertiary alicyclic amines) is 1. The van der Waals surface area contributed by atoms with Crippen LogP contribution in [-0.2, 0) is 16.1 Å². The Kier molecular flexibility index (Phi) is 7.86. The molecule has 1 aromatic heterocycles. The number of carbonyl (C=O) groups is 2. The van der Waals surface area contributed by atoms with Gasteiger partial charge in [0.2, 0.25) is 5.91 Å². The number of halogens is 1. The number of ether oxygens (including phenoxy) is 1. The summed E-state index contributed by atoms with van der Waals surface area (Å²) >= 11 is 6.13. The fraction of sp³-hybridized carbons (Fsp3) is 0.632. The number of nitrogens with one attached hydrogen (secondary N) is 2. The second-order valence-corrected chi connectivity index (χ2v) is 8.11. The first-order valence-corrected chi connectivity index (χ1v) is 9.69. The van der Waals surface area contributed by atoms with E-state index in [1.165, 1.54) is 0 Å². The standard InChI is InChI=1S/C19H29ClN4O3/c1-19(2,3)27-18(26)23-10-9-22-17(25)15-7-5-11-24(13-15)12-14-6-4-8-21-16(14)20/h4,6,8,15H,5,7,9-13H2,1-3H3,(H,22,25)(H,23,26). The minimum absolute atomic E-state index is 0.0166. The van der Waals surface area contributed by atoms with Gasteiger partial charge in [0.05, 0.1) is 5.92 Å². The molecular weight excluding hydrogens is 368 g/mol. The van der Waals surface area contributed by atoms with Crippen LogP contribution in [0.2, 0.25) is 5.15 Å². The van der Waals surface area contributed by atoms with Crippen molar-refractivity contribution < 1.29 is 14.3 Å². The maximum Gasteiger partial charge on any atom is 0.407 e. The van der Waals surface area contributed by atoms with Crippen molar-refractivity contribution in [1.29, 1.82) is 0 Å². The minimum atomic E-state index is -0.532. The number of rotatable bonds is 6. The SMILES string of the molecule is CC(C)(C)OC(=O)NCCNC(=O)C1CCCN(Cc2cccnc2Cl)C1. The lowest BCUT2D eigenvalue weighted by Crippen LogP contribution is -2.44. The van der Waals surface area contributed by atoms with Gasteiger partial charge in [-0.1, -0.05) is 17.7 Å². The molecule has 1 fully saturated rings. The van der Waals surface area contributed by atoms with Gasteiger partial charge < -0.3 is 15.4 Å². The topological polar surface area (TPSA) is 83.6 Å². The maximum absolute atomic E-state index is 12.4. The molecule has 1 aromatic rings. The second kappa shape index (κ2) is 9.90. The molecule has 27 heavy (non-hydrogen) atoms. The Morgan fingerprint density at radius 3 is 2.78 bits per heavy atom. The molecule has 1 aliphatic heterocycles. The van der Waals surface area contributed by atoms with E-state index in [4.69, 9.17) is 16.3 Å². The van der Waals surface area contributed by atoms with Crippen molar-refractivity contribution in [3.8, 4) is 0 Å². The van der Waals surface area contributed by atoms with Crippen molar-refractivity contribution >= 4 is 23.6 Å².